The van der Waals surface area contributed by atoms with E-state index in [1.54, 1.807) is 4.90 Å². The third-order valence-corrected chi connectivity index (χ3v) is 5.55. The lowest BCUT2D eigenvalue weighted by molar-refractivity contribution is -0.119. The number of nitrogens with one attached hydrogen (secondary N) is 2. The molecule has 1 saturated carbocycles. The number of nitrogens with zero attached hydrogens (tertiary/aromatic N) is 1. The van der Waals surface area contributed by atoms with Gasteiger partial charge < -0.3 is 10.2 Å². The van der Waals surface area contributed by atoms with Crippen molar-refractivity contribution in [1.82, 2.24) is 10.0 Å². The number of rotatable bonds is 5. The van der Waals surface area contributed by atoms with Crippen molar-refractivity contribution in [3.8, 4) is 0 Å². The molecule has 132 valence electrons. The van der Waals surface area contributed by atoms with Gasteiger partial charge in [0.2, 0.25) is 15.9 Å². The Morgan fingerprint density at radius 1 is 1.04 bits per heavy atom. The van der Waals surface area contributed by atoms with Crippen molar-refractivity contribution in [2.75, 3.05) is 17.7 Å². The van der Waals surface area contributed by atoms with Crippen molar-refractivity contribution in [3.05, 3.63) is 30.3 Å². The second-order valence-electron chi connectivity index (χ2n) is 6.72. The molecule has 0 bridgehead atoms. The van der Waals surface area contributed by atoms with Crippen LogP contribution < -0.4 is 14.9 Å². The highest BCUT2D eigenvalue weighted by Crippen LogP contribution is 2.24. The molecule has 3 rings (SSSR count). The number of hydrogen-bond acceptors (Lipinski definition) is 4. The summed E-state index contributed by atoms with van der Waals surface area (Å²) < 4.78 is 25.9. The SMILES string of the molecule is CS(=O)(=O)N[C@@H]1CCCC[C@@H]1N[C@H]1CCN(c2ccccc2)C1=O. The van der Waals surface area contributed by atoms with E-state index < -0.39 is 10.0 Å². The normalized spacial score (nSPS) is 28.3. The van der Waals surface area contributed by atoms with Crippen molar-refractivity contribution in [1.29, 1.82) is 0 Å². The van der Waals surface area contributed by atoms with Crippen LogP contribution in [0.2, 0.25) is 0 Å². The minimum absolute atomic E-state index is 0.0122. The number of benzene rings is 1. The monoisotopic (exact) mass is 351 g/mol. The summed E-state index contributed by atoms with van der Waals surface area (Å²) >= 11 is 0. The zero-order valence-electron chi connectivity index (χ0n) is 13.9. The smallest absolute Gasteiger partial charge is 0.244 e. The van der Waals surface area contributed by atoms with Gasteiger partial charge in [0, 0.05) is 24.3 Å². The Hall–Kier alpha value is -1.44. The highest BCUT2D eigenvalue weighted by molar-refractivity contribution is 7.88. The second-order valence-corrected chi connectivity index (χ2v) is 8.50. The predicted molar refractivity (Wildman–Crippen MR) is 94.4 cm³/mol. The molecular weight excluding hydrogens is 326 g/mol. The summed E-state index contributed by atoms with van der Waals surface area (Å²) in [6.45, 7) is 0.692. The Morgan fingerprint density at radius 2 is 1.71 bits per heavy atom. The summed E-state index contributed by atoms with van der Waals surface area (Å²) in [5.74, 6) is 0.0740. The van der Waals surface area contributed by atoms with E-state index in [4.69, 9.17) is 0 Å². The first-order chi connectivity index (χ1) is 11.4. The van der Waals surface area contributed by atoms with Crippen LogP contribution in [0.4, 0.5) is 5.69 Å². The summed E-state index contributed by atoms with van der Waals surface area (Å²) in [5.41, 5.74) is 0.918. The number of hydrogen-bond donors (Lipinski definition) is 2. The van der Waals surface area contributed by atoms with Crippen molar-refractivity contribution >= 4 is 21.6 Å². The van der Waals surface area contributed by atoms with E-state index in [1.807, 2.05) is 30.3 Å². The Morgan fingerprint density at radius 3 is 2.38 bits per heavy atom. The number of para-hydroxylation sites is 1. The van der Waals surface area contributed by atoms with E-state index in [1.165, 1.54) is 6.26 Å². The number of sulfonamides is 1. The molecule has 0 radical (unpaired) electrons. The Labute approximate surface area is 143 Å². The molecule has 1 amide bonds. The van der Waals surface area contributed by atoms with Gasteiger partial charge in [-0.25, -0.2) is 13.1 Å². The average Bonchev–Trinajstić information content (AvgIpc) is 2.90. The topological polar surface area (TPSA) is 78.5 Å². The summed E-state index contributed by atoms with van der Waals surface area (Å²) in [5, 5.41) is 3.42. The molecule has 1 aliphatic heterocycles. The molecule has 1 aliphatic carbocycles. The van der Waals surface area contributed by atoms with Gasteiger partial charge in [0.05, 0.1) is 12.3 Å². The molecule has 2 fully saturated rings. The standard InChI is InChI=1S/C17H25N3O3S/c1-24(22,23)19-15-10-6-5-9-14(15)18-16-11-12-20(17(16)21)13-7-3-2-4-8-13/h2-4,7-8,14-16,18-19H,5-6,9-12H2,1H3/t14-,15+,16-/m0/s1. The van der Waals surface area contributed by atoms with Crippen molar-refractivity contribution < 1.29 is 13.2 Å². The molecule has 3 atom stereocenters. The van der Waals surface area contributed by atoms with Gasteiger partial charge in [0.15, 0.2) is 0 Å². The van der Waals surface area contributed by atoms with Gasteiger partial charge in [-0.2, -0.15) is 0 Å². The van der Waals surface area contributed by atoms with E-state index in [0.29, 0.717) is 6.54 Å². The Bertz CT molecular complexity index is 678. The van der Waals surface area contributed by atoms with Crippen molar-refractivity contribution in [2.45, 2.75) is 50.2 Å². The molecule has 2 N–H and O–H groups in total. The van der Waals surface area contributed by atoms with Crippen LogP contribution in [0.15, 0.2) is 30.3 Å². The van der Waals surface area contributed by atoms with Gasteiger partial charge in [-0.05, 0) is 31.4 Å². The van der Waals surface area contributed by atoms with Crippen LogP contribution in [0.1, 0.15) is 32.1 Å². The predicted octanol–water partition coefficient (Wildman–Crippen LogP) is 1.24. The molecule has 1 saturated heterocycles. The molecule has 1 heterocycles. The molecular formula is C17H25N3O3S. The molecule has 6 nitrogen and oxygen atoms in total. The van der Waals surface area contributed by atoms with Gasteiger partial charge in [-0.3, -0.25) is 4.79 Å². The lowest BCUT2D eigenvalue weighted by atomic mass is 9.90. The average molecular weight is 351 g/mol. The van der Waals surface area contributed by atoms with Gasteiger partial charge in [-0.1, -0.05) is 31.0 Å². The fourth-order valence-corrected chi connectivity index (χ4v) is 4.54. The summed E-state index contributed by atoms with van der Waals surface area (Å²) in [6.07, 6.45) is 5.71. The summed E-state index contributed by atoms with van der Waals surface area (Å²) in [7, 11) is -3.24. The van der Waals surface area contributed by atoms with Gasteiger partial charge in [0.1, 0.15) is 0 Å². The number of carbonyl (C=O) groups is 1. The zero-order valence-corrected chi connectivity index (χ0v) is 14.8. The second kappa shape index (κ2) is 7.21. The largest absolute Gasteiger partial charge is 0.311 e. The van der Waals surface area contributed by atoms with Gasteiger partial charge >= 0.3 is 0 Å². The first-order valence-electron chi connectivity index (χ1n) is 8.54. The van der Waals surface area contributed by atoms with Crippen LogP contribution in [0.5, 0.6) is 0 Å². The minimum atomic E-state index is -3.24. The number of carbonyl (C=O) groups excluding carboxylic acids is 1. The van der Waals surface area contributed by atoms with Gasteiger partial charge in [0.25, 0.3) is 0 Å². The first kappa shape index (κ1) is 17.4. The zero-order chi connectivity index (χ0) is 17.2. The third kappa shape index (κ3) is 4.15. The van der Waals surface area contributed by atoms with E-state index in [-0.39, 0.29) is 24.0 Å². The highest BCUT2D eigenvalue weighted by atomic mass is 32.2. The van der Waals surface area contributed by atoms with E-state index in [0.717, 1.165) is 37.8 Å². The highest BCUT2D eigenvalue weighted by Gasteiger charge is 2.36. The maximum absolute atomic E-state index is 12.7. The Balaban J connectivity index is 1.65. The van der Waals surface area contributed by atoms with Crippen LogP contribution in [-0.4, -0.2) is 45.3 Å². The lowest BCUT2D eigenvalue weighted by Gasteiger charge is -2.34. The quantitative estimate of drug-likeness (QED) is 0.837. The van der Waals surface area contributed by atoms with Crippen LogP contribution in [0.3, 0.4) is 0 Å². The maximum atomic E-state index is 12.7. The van der Waals surface area contributed by atoms with E-state index >= 15 is 0 Å². The summed E-state index contributed by atoms with van der Waals surface area (Å²) in [6, 6.07) is 9.31. The van der Waals surface area contributed by atoms with Crippen molar-refractivity contribution in [3.63, 3.8) is 0 Å². The molecule has 7 heteroatoms. The van der Waals surface area contributed by atoms with Crippen molar-refractivity contribution in [2.24, 2.45) is 0 Å². The molecule has 24 heavy (non-hydrogen) atoms. The fourth-order valence-electron chi connectivity index (χ4n) is 3.70. The molecule has 1 aromatic rings. The fraction of sp³-hybridized carbons (Fsp3) is 0.588. The number of anilines is 1. The molecule has 0 spiro atoms. The molecule has 2 aliphatic rings. The van der Waals surface area contributed by atoms with E-state index in [2.05, 4.69) is 10.0 Å². The minimum Gasteiger partial charge on any atom is -0.311 e. The molecule has 0 unspecified atom stereocenters. The Kier molecular flexibility index (Phi) is 5.22. The lowest BCUT2D eigenvalue weighted by Crippen LogP contribution is -2.55. The summed E-state index contributed by atoms with van der Waals surface area (Å²) in [4.78, 5) is 14.5. The maximum Gasteiger partial charge on any atom is 0.244 e. The first-order valence-corrected chi connectivity index (χ1v) is 10.4. The number of amides is 1. The molecule has 0 aromatic heterocycles. The van der Waals surface area contributed by atoms with Gasteiger partial charge in [-0.15, -0.1) is 0 Å². The van der Waals surface area contributed by atoms with Crippen LogP contribution in [0, 0.1) is 0 Å². The van der Waals surface area contributed by atoms with Crippen LogP contribution >= 0.6 is 0 Å². The third-order valence-electron chi connectivity index (χ3n) is 4.82. The van der Waals surface area contributed by atoms with E-state index in [9.17, 15) is 13.2 Å². The van der Waals surface area contributed by atoms with Crippen LogP contribution in [0.25, 0.3) is 0 Å². The molecule has 1 aromatic carbocycles. The van der Waals surface area contributed by atoms with Crippen LogP contribution in [-0.2, 0) is 14.8 Å².